The van der Waals surface area contributed by atoms with Gasteiger partial charge in [-0.05, 0) is 29.8 Å². The van der Waals surface area contributed by atoms with Crippen molar-refractivity contribution in [1.29, 1.82) is 0 Å². The van der Waals surface area contributed by atoms with Crippen molar-refractivity contribution in [1.82, 2.24) is 19.8 Å². The first-order valence-electron chi connectivity index (χ1n) is 9.78. The highest BCUT2D eigenvalue weighted by Crippen LogP contribution is 2.11. The van der Waals surface area contributed by atoms with E-state index in [0.717, 1.165) is 32.7 Å². The summed E-state index contributed by atoms with van der Waals surface area (Å²) in [4.78, 5) is 16.4. The minimum atomic E-state index is -3.58. The van der Waals surface area contributed by atoms with Crippen molar-refractivity contribution in [3.05, 3.63) is 65.7 Å². The van der Waals surface area contributed by atoms with Gasteiger partial charge in [0.1, 0.15) is 0 Å². The molecule has 1 saturated heterocycles. The van der Waals surface area contributed by atoms with Crippen LogP contribution in [0.25, 0.3) is 0 Å². The summed E-state index contributed by atoms with van der Waals surface area (Å²) >= 11 is 0. The summed E-state index contributed by atoms with van der Waals surface area (Å²) in [6.07, 6.45) is 0. The van der Waals surface area contributed by atoms with Gasteiger partial charge in [-0.2, -0.15) is 0 Å². The lowest BCUT2D eigenvalue weighted by Crippen LogP contribution is -2.48. The minimum Gasteiger partial charge on any atom is -0.355 e. The smallest absolute Gasteiger partial charge is 0.251 e. The Hall–Kier alpha value is -2.26. The number of carbonyl (C=O) groups excluding carboxylic acids is 1. The first-order valence-corrected chi connectivity index (χ1v) is 11.3. The predicted octanol–water partition coefficient (Wildman–Crippen LogP) is 1.14. The molecule has 1 fully saturated rings. The Morgan fingerprint density at radius 2 is 1.55 bits per heavy atom. The lowest BCUT2D eigenvalue weighted by molar-refractivity contribution is 0.0963. The molecule has 0 atom stereocenters. The van der Waals surface area contributed by atoms with Crippen LogP contribution in [0.4, 0.5) is 0 Å². The number of nitrogens with zero attached hydrogens (tertiary/aromatic N) is 2. The molecule has 2 aromatic carbocycles. The number of benzene rings is 2. The van der Waals surface area contributed by atoms with Crippen LogP contribution in [0.15, 0.2) is 59.5 Å². The van der Waals surface area contributed by atoms with Crippen molar-refractivity contribution < 1.29 is 13.2 Å². The van der Waals surface area contributed by atoms with Gasteiger partial charge in [-0.15, -0.1) is 0 Å². The highest BCUT2D eigenvalue weighted by Gasteiger charge is 2.18. The van der Waals surface area contributed by atoms with E-state index >= 15 is 0 Å². The Balaban J connectivity index is 1.42. The van der Waals surface area contributed by atoms with Gasteiger partial charge in [-0.1, -0.05) is 30.3 Å². The Morgan fingerprint density at radius 1 is 0.931 bits per heavy atom. The van der Waals surface area contributed by atoms with E-state index in [1.165, 1.54) is 36.9 Å². The third-order valence-corrected chi connectivity index (χ3v) is 6.56. The van der Waals surface area contributed by atoms with Crippen LogP contribution in [0.5, 0.6) is 0 Å². The minimum absolute atomic E-state index is 0.165. The second kappa shape index (κ2) is 9.98. The standard InChI is InChI=1S/C21H28N4O3S/c1-22-21(26)19-7-9-20(10-8-19)29(27,28)23-11-12-24-13-15-25(16-14-24)17-18-5-3-2-4-6-18/h2-10,23H,11-17H2,1H3,(H,22,26). The molecule has 0 bridgehead atoms. The molecule has 29 heavy (non-hydrogen) atoms. The Bertz CT molecular complexity index is 893. The third-order valence-electron chi connectivity index (χ3n) is 5.09. The second-order valence-electron chi connectivity index (χ2n) is 7.10. The number of hydrogen-bond donors (Lipinski definition) is 2. The van der Waals surface area contributed by atoms with Crippen molar-refractivity contribution in [2.75, 3.05) is 46.3 Å². The van der Waals surface area contributed by atoms with Crippen LogP contribution < -0.4 is 10.0 Å². The first kappa shape index (κ1) is 21.4. The Morgan fingerprint density at radius 3 is 2.17 bits per heavy atom. The number of piperazine rings is 1. The average Bonchev–Trinajstić information content (AvgIpc) is 2.75. The monoisotopic (exact) mass is 416 g/mol. The van der Waals surface area contributed by atoms with Crippen molar-refractivity contribution >= 4 is 15.9 Å². The maximum Gasteiger partial charge on any atom is 0.251 e. The van der Waals surface area contributed by atoms with Gasteiger partial charge in [-0.25, -0.2) is 13.1 Å². The second-order valence-corrected chi connectivity index (χ2v) is 8.87. The van der Waals surface area contributed by atoms with Crippen LogP contribution in [0.1, 0.15) is 15.9 Å². The van der Waals surface area contributed by atoms with Gasteiger partial charge in [0.05, 0.1) is 4.90 Å². The number of hydrogen-bond acceptors (Lipinski definition) is 5. The van der Waals surface area contributed by atoms with E-state index in [0.29, 0.717) is 18.7 Å². The molecule has 0 unspecified atom stereocenters. The highest BCUT2D eigenvalue weighted by molar-refractivity contribution is 7.89. The molecule has 3 rings (SSSR count). The highest BCUT2D eigenvalue weighted by atomic mass is 32.2. The molecule has 0 aliphatic carbocycles. The summed E-state index contributed by atoms with van der Waals surface area (Å²) < 4.78 is 27.5. The summed E-state index contributed by atoms with van der Waals surface area (Å²) in [6, 6.07) is 16.4. The number of amides is 1. The fourth-order valence-corrected chi connectivity index (χ4v) is 4.38. The first-order chi connectivity index (χ1) is 14.0. The molecule has 2 N–H and O–H groups in total. The van der Waals surface area contributed by atoms with Crippen LogP contribution >= 0.6 is 0 Å². The summed E-state index contributed by atoms with van der Waals surface area (Å²) in [6.45, 7) is 5.79. The van der Waals surface area contributed by atoms with E-state index in [9.17, 15) is 13.2 Å². The van der Waals surface area contributed by atoms with Crippen molar-refractivity contribution in [2.45, 2.75) is 11.4 Å². The number of sulfonamides is 1. The quantitative estimate of drug-likeness (QED) is 0.675. The lowest BCUT2D eigenvalue weighted by atomic mass is 10.2. The van der Waals surface area contributed by atoms with E-state index in [4.69, 9.17) is 0 Å². The molecular formula is C21H28N4O3S. The molecule has 0 saturated carbocycles. The molecule has 156 valence electrons. The van der Waals surface area contributed by atoms with Gasteiger partial charge in [-0.3, -0.25) is 14.6 Å². The third kappa shape index (κ3) is 6.11. The van der Waals surface area contributed by atoms with Crippen LogP contribution in [0, 0.1) is 0 Å². The summed E-state index contributed by atoms with van der Waals surface area (Å²) in [5.74, 6) is -0.242. The largest absolute Gasteiger partial charge is 0.355 e. The molecule has 8 heteroatoms. The topological polar surface area (TPSA) is 81.7 Å². The molecule has 1 heterocycles. The molecule has 0 radical (unpaired) electrons. The zero-order chi connectivity index (χ0) is 20.7. The van der Waals surface area contributed by atoms with Crippen molar-refractivity contribution in [3.8, 4) is 0 Å². The van der Waals surface area contributed by atoms with Crippen molar-refractivity contribution in [3.63, 3.8) is 0 Å². The van der Waals surface area contributed by atoms with E-state index in [2.05, 4.69) is 44.1 Å². The van der Waals surface area contributed by atoms with Gasteiger partial charge >= 0.3 is 0 Å². The summed E-state index contributed by atoms with van der Waals surface area (Å²) in [5.41, 5.74) is 1.75. The van der Waals surface area contributed by atoms with Gasteiger partial charge < -0.3 is 5.32 Å². The maximum absolute atomic E-state index is 12.4. The fourth-order valence-electron chi connectivity index (χ4n) is 3.36. The molecule has 1 aliphatic heterocycles. The van der Waals surface area contributed by atoms with Gasteiger partial charge in [0.2, 0.25) is 10.0 Å². The Kier molecular flexibility index (Phi) is 7.38. The van der Waals surface area contributed by atoms with E-state index in [1.54, 1.807) is 0 Å². The lowest BCUT2D eigenvalue weighted by Gasteiger charge is -2.34. The maximum atomic E-state index is 12.4. The fraction of sp³-hybridized carbons (Fsp3) is 0.381. The molecular weight excluding hydrogens is 388 g/mol. The summed E-state index contributed by atoms with van der Waals surface area (Å²) in [5, 5.41) is 2.51. The van der Waals surface area contributed by atoms with Gasteiger partial charge in [0.15, 0.2) is 0 Å². The van der Waals surface area contributed by atoms with E-state index in [-0.39, 0.29) is 10.8 Å². The van der Waals surface area contributed by atoms with Crippen LogP contribution in [-0.2, 0) is 16.6 Å². The average molecular weight is 417 g/mol. The van der Waals surface area contributed by atoms with Crippen LogP contribution in [-0.4, -0.2) is 70.4 Å². The zero-order valence-corrected chi connectivity index (χ0v) is 17.5. The molecule has 7 nitrogen and oxygen atoms in total. The van der Waals surface area contributed by atoms with Gasteiger partial charge in [0.25, 0.3) is 5.91 Å². The molecule has 2 aromatic rings. The normalized spacial score (nSPS) is 15.9. The predicted molar refractivity (Wildman–Crippen MR) is 113 cm³/mol. The number of nitrogens with one attached hydrogen (secondary N) is 2. The number of carbonyl (C=O) groups is 1. The van der Waals surface area contributed by atoms with Crippen LogP contribution in [0.3, 0.4) is 0 Å². The van der Waals surface area contributed by atoms with Crippen LogP contribution in [0.2, 0.25) is 0 Å². The molecule has 0 aromatic heterocycles. The molecule has 0 spiro atoms. The van der Waals surface area contributed by atoms with Crippen molar-refractivity contribution in [2.24, 2.45) is 0 Å². The van der Waals surface area contributed by atoms with E-state index < -0.39 is 10.0 Å². The van der Waals surface area contributed by atoms with Gasteiger partial charge in [0, 0.05) is 58.4 Å². The number of rotatable bonds is 8. The molecule has 1 amide bonds. The Labute approximate surface area is 172 Å². The molecule has 1 aliphatic rings. The van der Waals surface area contributed by atoms with E-state index in [1.807, 2.05) is 6.07 Å². The SMILES string of the molecule is CNC(=O)c1ccc(S(=O)(=O)NCCN2CCN(Cc3ccccc3)CC2)cc1. The zero-order valence-electron chi connectivity index (χ0n) is 16.7. The summed E-state index contributed by atoms with van der Waals surface area (Å²) in [7, 11) is -2.04.